The van der Waals surface area contributed by atoms with Crippen LogP contribution in [0.25, 0.3) is 27.5 Å². The van der Waals surface area contributed by atoms with E-state index in [-0.39, 0.29) is 0 Å². The quantitative estimate of drug-likeness (QED) is 0.367. The maximum Gasteiger partial charge on any atom is 0.416 e. The van der Waals surface area contributed by atoms with Gasteiger partial charge in [-0.1, -0.05) is 36.4 Å². The summed E-state index contributed by atoms with van der Waals surface area (Å²) in [6.07, 6.45) is 1.10. The number of fused-ring (bicyclic) bond motifs is 1. The molecule has 5 nitrogen and oxygen atoms in total. The maximum absolute atomic E-state index is 13.5. The van der Waals surface area contributed by atoms with Gasteiger partial charge in [0.05, 0.1) is 10.5 Å². The third-order valence-electron chi connectivity index (χ3n) is 5.89. The summed E-state index contributed by atoms with van der Waals surface area (Å²) in [6, 6.07) is 16.7. The standard InChI is InChI=1S/C26H21F3N4OS/c27-26(28,29)19-4-6-23(24(15-19)17-8-11-30-12-9-17)22-3-1-2-18-14-20(5-7-21(18)22)35(34)33-25-10-13-31-16-32-25/h1-8,10,13-16,30H,9,11-12H2,(H,31,32,33). The largest absolute Gasteiger partial charge is 0.416 e. The monoisotopic (exact) mass is 494 g/mol. The molecule has 0 fully saturated rings. The van der Waals surface area contributed by atoms with Crippen molar-refractivity contribution in [3.63, 3.8) is 0 Å². The Morgan fingerprint density at radius 3 is 2.60 bits per heavy atom. The van der Waals surface area contributed by atoms with Gasteiger partial charge in [0.1, 0.15) is 12.1 Å². The number of benzene rings is 3. The Balaban J connectivity index is 1.58. The lowest BCUT2D eigenvalue weighted by molar-refractivity contribution is -0.137. The van der Waals surface area contributed by atoms with Crippen LogP contribution in [0, 0.1) is 0 Å². The Morgan fingerprint density at radius 1 is 0.971 bits per heavy atom. The molecule has 1 unspecified atom stereocenters. The Hall–Kier alpha value is -3.56. The van der Waals surface area contributed by atoms with E-state index < -0.39 is 22.7 Å². The molecule has 0 bridgehead atoms. The van der Waals surface area contributed by atoms with E-state index >= 15 is 0 Å². The molecule has 3 aromatic carbocycles. The Bertz CT molecular complexity index is 1440. The third-order valence-corrected chi connectivity index (χ3v) is 6.97. The van der Waals surface area contributed by atoms with Gasteiger partial charge in [0.2, 0.25) is 0 Å². The van der Waals surface area contributed by atoms with Crippen LogP contribution < -0.4 is 10.0 Å². The summed E-state index contributed by atoms with van der Waals surface area (Å²) in [5, 5.41) is 4.91. The first-order valence-electron chi connectivity index (χ1n) is 11.0. The second-order valence-corrected chi connectivity index (χ2v) is 9.31. The lowest BCUT2D eigenvalue weighted by atomic mass is 9.88. The molecule has 1 atom stereocenters. The Morgan fingerprint density at radius 2 is 1.86 bits per heavy atom. The van der Waals surface area contributed by atoms with Crippen LogP contribution in [0.4, 0.5) is 19.0 Å². The number of hydrogen-bond donors (Lipinski definition) is 2. The average Bonchev–Trinajstić information content (AvgIpc) is 2.88. The van der Waals surface area contributed by atoms with Gasteiger partial charge in [-0.25, -0.2) is 14.2 Å². The van der Waals surface area contributed by atoms with E-state index in [9.17, 15) is 17.4 Å². The summed E-state index contributed by atoms with van der Waals surface area (Å²) in [7, 11) is -1.54. The normalized spacial score (nSPS) is 15.0. The molecule has 0 amide bonds. The molecular formula is C26H21F3N4OS. The fraction of sp³-hybridized carbons (Fsp3) is 0.154. The molecule has 5 rings (SSSR count). The molecule has 4 aromatic rings. The third kappa shape index (κ3) is 4.96. The molecule has 2 heterocycles. The lowest BCUT2D eigenvalue weighted by Crippen LogP contribution is -2.20. The summed E-state index contributed by atoms with van der Waals surface area (Å²) < 4.78 is 56.2. The zero-order valence-corrected chi connectivity index (χ0v) is 19.3. The van der Waals surface area contributed by atoms with Gasteiger partial charge in [0, 0.05) is 12.7 Å². The first kappa shape index (κ1) is 23.2. The highest BCUT2D eigenvalue weighted by atomic mass is 32.2. The predicted molar refractivity (Wildman–Crippen MR) is 132 cm³/mol. The van der Waals surface area contributed by atoms with Gasteiger partial charge < -0.3 is 5.32 Å². The first-order chi connectivity index (χ1) is 16.9. The van der Waals surface area contributed by atoms with Gasteiger partial charge in [0.15, 0.2) is 11.0 Å². The zero-order chi connectivity index (χ0) is 24.4. The van der Waals surface area contributed by atoms with Crippen molar-refractivity contribution in [2.24, 2.45) is 0 Å². The summed E-state index contributed by atoms with van der Waals surface area (Å²) >= 11 is 0. The number of nitrogens with one attached hydrogen (secondary N) is 2. The van der Waals surface area contributed by atoms with Gasteiger partial charge in [-0.05, 0) is 76.3 Å². The Labute approximate surface area is 202 Å². The predicted octanol–water partition coefficient (Wildman–Crippen LogP) is 5.83. The topological polar surface area (TPSA) is 66.9 Å². The van der Waals surface area contributed by atoms with Gasteiger partial charge in [-0.2, -0.15) is 13.2 Å². The van der Waals surface area contributed by atoms with E-state index in [1.807, 2.05) is 36.4 Å². The second-order valence-electron chi connectivity index (χ2n) is 8.10. The van der Waals surface area contributed by atoms with Gasteiger partial charge in [-0.15, -0.1) is 0 Å². The number of rotatable bonds is 5. The fourth-order valence-corrected chi connectivity index (χ4v) is 5.06. The number of alkyl halides is 3. The van der Waals surface area contributed by atoms with Crippen molar-refractivity contribution >= 4 is 33.1 Å². The number of anilines is 1. The molecule has 35 heavy (non-hydrogen) atoms. The van der Waals surface area contributed by atoms with Crippen LogP contribution in [0.1, 0.15) is 17.5 Å². The second kappa shape index (κ2) is 9.59. The molecule has 0 saturated heterocycles. The molecule has 1 aliphatic heterocycles. The van der Waals surface area contributed by atoms with Crippen molar-refractivity contribution in [3.05, 3.63) is 90.4 Å². The van der Waals surface area contributed by atoms with E-state index in [0.29, 0.717) is 35.8 Å². The van der Waals surface area contributed by atoms with E-state index in [0.717, 1.165) is 33.5 Å². The minimum atomic E-state index is -4.42. The van der Waals surface area contributed by atoms with E-state index in [4.69, 9.17) is 0 Å². The number of nitrogens with zero attached hydrogens (tertiary/aromatic N) is 2. The molecule has 9 heteroatoms. The number of halogens is 3. The highest BCUT2D eigenvalue weighted by Gasteiger charge is 2.31. The van der Waals surface area contributed by atoms with Gasteiger partial charge in [-0.3, -0.25) is 4.72 Å². The smallest absolute Gasteiger partial charge is 0.313 e. The summed E-state index contributed by atoms with van der Waals surface area (Å²) in [6.45, 7) is 1.33. The minimum Gasteiger partial charge on any atom is -0.313 e. The summed E-state index contributed by atoms with van der Waals surface area (Å²) in [5.41, 5.74) is 2.39. The molecule has 0 radical (unpaired) electrons. The molecule has 0 aliphatic carbocycles. The van der Waals surface area contributed by atoms with E-state index in [1.54, 1.807) is 24.4 Å². The van der Waals surface area contributed by atoms with Crippen LogP contribution in [0.2, 0.25) is 0 Å². The molecule has 1 aromatic heterocycles. The highest BCUT2D eigenvalue weighted by Crippen LogP contribution is 2.39. The van der Waals surface area contributed by atoms with Gasteiger partial charge in [0.25, 0.3) is 0 Å². The first-order valence-corrected chi connectivity index (χ1v) is 12.1. The zero-order valence-electron chi connectivity index (χ0n) is 18.5. The van der Waals surface area contributed by atoms with Crippen LogP contribution in [-0.4, -0.2) is 27.3 Å². The molecule has 2 N–H and O–H groups in total. The lowest BCUT2D eigenvalue weighted by Gasteiger charge is -2.20. The fourth-order valence-electron chi connectivity index (χ4n) is 4.21. The highest BCUT2D eigenvalue weighted by molar-refractivity contribution is 7.86. The average molecular weight is 495 g/mol. The van der Waals surface area contributed by atoms with Crippen molar-refractivity contribution < 1.29 is 17.4 Å². The molecule has 0 spiro atoms. The number of hydrogen-bond acceptors (Lipinski definition) is 4. The van der Waals surface area contributed by atoms with E-state index in [2.05, 4.69) is 20.0 Å². The van der Waals surface area contributed by atoms with Crippen molar-refractivity contribution in [1.82, 2.24) is 15.3 Å². The van der Waals surface area contributed by atoms with Crippen molar-refractivity contribution in [3.8, 4) is 11.1 Å². The summed E-state index contributed by atoms with van der Waals surface area (Å²) in [5.74, 6) is 0.442. The maximum atomic E-state index is 13.5. The van der Waals surface area contributed by atoms with Gasteiger partial charge >= 0.3 is 6.18 Å². The molecule has 1 aliphatic rings. The van der Waals surface area contributed by atoms with Crippen molar-refractivity contribution in [2.45, 2.75) is 17.5 Å². The summed E-state index contributed by atoms with van der Waals surface area (Å²) in [4.78, 5) is 8.44. The van der Waals surface area contributed by atoms with Crippen molar-refractivity contribution in [1.29, 1.82) is 0 Å². The molecular weight excluding hydrogens is 473 g/mol. The van der Waals surface area contributed by atoms with E-state index in [1.165, 1.54) is 12.4 Å². The SMILES string of the molecule is O=S(Nc1ccncn1)c1ccc2c(-c3ccc(C(F)(F)F)cc3C3=CCNCC3)cccc2c1. The van der Waals surface area contributed by atoms with Crippen LogP contribution in [0.3, 0.4) is 0 Å². The number of aromatic nitrogens is 2. The van der Waals surface area contributed by atoms with Crippen LogP contribution in [0.5, 0.6) is 0 Å². The van der Waals surface area contributed by atoms with Crippen LogP contribution in [0.15, 0.2) is 84.2 Å². The van der Waals surface area contributed by atoms with Crippen LogP contribution in [-0.2, 0) is 17.2 Å². The van der Waals surface area contributed by atoms with Crippen LogP contribution >= 0.6 is 0 Å². The Kier molecular flexibility index (Phi) is 6.36. The molecule has 0 saturated carbocycles. The van der Waals surface area contributed by atoms with Crippen molar-refractivity contribution in [2.75, 3.05) is 17.8 Å². The molecule has 178 valence electrons. The minimum absolute atomic E-state index is 0.442.